The fraction of sp³-hybridized carbons (Fsp3) is 0.480. The Kier molecular flexibility index (Phi) is 6.46. The standard InChI is InChI=1S/C25H32O5Si/c1-25(2,3)31(18-11-7-5-8-12-18,19-13-9-6-10-14-19)28-17-22-21(16-26)20-15-23(27-4)30-24(20)29-22/h5-14,16,20-24H,15,17H2,1-4H3/t20-,21+,22-,23-,24-/m1/s1. The molecule has 0 amide bonds. The number of methoxy groups -OCH3 is 1. The molecule has 0 bridgehead atoms. The van der Waals surface area contributed by atoms with Crippen LogP contribution in [0.5, 0.6) is 0 Å². The molecule has 2 aromatic carbocycles. The molecule has 5 atom stereocenters. The number of ether oxygens (including phenoxy) is 3. The highest BCUT2D eigenvalue weighted by molar-refractivity contribution is 6.99. The predicted molar refractivity (Wildman–Crippen MR) is 122 cm³/mol. The van der Waals surface area contributed by atoms with E-state index in [1.807, 2.05) is 12.1 Å². The predicted octanol–water partition coefficient (Wildman–Crippen LogP) is 3.11. The van der Waals surface area contributed by atoms with Crippen LogP contribution in [0.25, 0.3) is 0 Å². The summed E-state index contributed by atoms with van der Waals surface area (Å²) >= 11 is 0. The lowest BCUT2D eigenvalue weighted by Gasteiger charge is -2.43. The van der Waals surface area contributed by atoms with Crippen LogP contribution in [0.3, 0.4) is 0 Å². The first-order valence-electron chi connectivity index (χ1n) is 10.9. The highest BCUT2D eigenvalue weighted by atomic mass is 28.4. The molecule has 2 heterocycles. The molecule has 2 aliphatic rings. The monoisotopic (exact) mass is 440 g/mol. The van der Waals surface area contributed by atoms with Crippen molar-refractivity contribution in [3.8, 4) is 0 Å². The van der Waals surface area contributed by atoms with E-state index < -0.39 is 14.6 Å². The van der Waals surface area contributed by atoms with E-state index in [1.165, 1.54) is 10.4 Å². The number of fused-ring (bicyclic) bond motifs is 1. The zero-order chi connectivity index (χ0) is 22.1. The quantitative estimate of drug-likeness (QED) is 0.489. The average Bonchev–Trinajstić information content (AvgIpc) is 3.31. The van der Waals surface area contributed by atoms with Gasteiger partial charge in [-0.05, 0) is 15.4 Å². The summed E-state index contributed by atoms with van der Waals surface area (Å²) in [6, 6.07) is 21.0. The molecule has 0 N–H and O–H groups in total. The molecular weight excluding hydrogens is 408 g/mol. The first kappa shape index (κ1) is 22.4. The van der Waals surface area contributed by atoms with Gasteiger partial charge in [0.1, 0.15) is 6.29 Å². The van der Waals surface area contributed by atoms with Gasteiger partial charge in [0.2, 0.25) is 0 Å². The maximum Gasteiger partial charge on any atom is 0.261 e. The van der Waals surface area contributed by atoms with Crippen LogP contribution < -0.4 is 10.4 Å². The third kappa shape index (κ3) is 4.03. The van der Waals surface area contributed by atoms with Crippen molar-refractivity contribution >= 4 is 25.0 Å². The van der Waals surface area contributed by atoms with Crippen molar-refractivity contribution in [1.82, 2.24) is 0 Å². The Morgan fingerprint density at radius 2 is 1.58 bits per heavy atom. The van der Waals surface area contributed by atoms with E-state index in [9.17, 15) is 4.79 Å². The molecule has 166 valence electrons. The first-order valence-corrected chi connectivity index (χ1v) is 12.9. The van der Waals surface area contributed by atoms with Crippen molar-refractivity contribution in [2.75, 3.05) is 13.7 Å². The van der Waals surface area contributed by atoms with Gasteiger partial charge in [-0.2, -0.15) is 0 Å². The van der Waals surface area contributed by atoms with Gasteiger partial charge in [-0.15, -0.1) is 0 Å². The van der Waals surface area contributed by atoms with Gasteiger partial charge < -0.3 is 23.4 Å². The molecule has 0 unspecified atom stereocenters. The second-order valence-electron chi connectivity index (χ2n) is 9.43. The Bertz CT molecular complexity index is 827. The molecule has 0 aromatic heterocycles. The van der Waals surface area contributed by atoms with E-state index in [-0.39, 0.29) is 29.3 Å². The first-order chi connectivity index (χ1) is 14.9. The van der Waals surface area contributed by atoms with E-state index in [2.05, 4.69) is 69.3 Å². The summed E-state index contributed by atoms with van der Waals surface area (Å²) in [5.41, 5.74) is 0. The summed E-state index contributed by atoms with van der Waals surface area (Å²) in [6.07, 6.45) is 0.627. The number of rotatable bonds is 7. The van der Waals surface area contributed by atoms with Crippen molar-refractivity contribution < 1.29 is 23.4 Å². The molecule has 2 fully saturated rings. The van der Waals surface area contributed by atoms with E-state index >= 15 is 0 Å². The lowest BCUT2D eigenvalue weighted by atomic mass is 9.90. The minimum absolute atomic E-state index is 0.00945. The van der Waals surface area contributed by atoms with Gasteiger partial charge in [-0.1, -0.05) is 81.4 Å². The van der Waals surface area contributed by atoms with E-state index in [0.717, 1.165) is 6.29 Å². The van der Waals surface area contributed by atoms with Crippen LogP contribution >= 0.6 is 0 Å². The zero-order valence-corrected chi connectivity index (χ0v) is 19.7. The zero-order valence-electron chi connectivity index (χ0n) is 18.7. The fourth-order valence-electron chi connectivity index (χ4n) is 5.11. The van der Waals surface area contributed by atoms with Crippen LogP contribution in [-0.4, -0.2) is 47.0 Å². The molecule has 0 aliphatic carbocycles. The molecule has 0 spiro atoms. The number of carbonyl (C=O) groups is 1. The van der Waals surface area contributed by atoms with Gasteiger partial charge in [0, 0.05) is 19.4 Å². The second kappa shape index (κ2) is 8.96. The molecule has 2 aromatic rings. The third-order valence-electron chi connectivity index (χ3n) is 6.63. The maximum atomic E-state index is 12.0. The largest absolute Gasteiger partial charge is 0.405 e. The molecule has 0 saturated carbocycles. The van der Waals surface area contributed by atoms with Gasteiger partial charge in [-0.25, -0.2) is 0 Å². The normalized spacial score (nSPS) is 28.5. The summed E-state index contributed by atoms with van der Waals surface area (Å²) in [5, 5.41) is 2.30. The maximum absolute atomic E-state index is 12.0. The minimum Gasteiger partial charge on any atom is -0.405 e. The van der Waals surface area contributed by atoms with Crippen LogP contribution in [0.4, 0.5) is 0 Å². The summed E-state index contributed by atoms with van der Waals surface area (Å²) < 4.78 is 24.3. The van der Waals surface area contributed by atoms with Gasteiger partial charge in [-0.3, -0.25) is 0 Å². The third-order valence-corrected chi connectivity index (χ3v) is 11.6. The average molecular weight is 441 g/mol. The number of aldehydes is 1. The Morgan fingerprint density at radius 1 is 1.00 bits per heavy atom. The van der Waals surface area contributed by atoms with Crippen molar-refractivity contribution in [3.63, 3.8) is 0 Å². The lowest BCUT2D eigenvalue weighted by Crippen LogP contribution is -2.67. The molecule has 31 heavy (non-hydrogen) atoms. The van der Waals surface area contributed by atoms with Crippen LogP contribution in [0.15, 0.2) is 60.7 Å². The van der Waals surface area contributed by atoms with Crippen LogP contribution in [0.1, 0.15) is 27.2 Å². The van der Waals surface area contributed by atoms with E-state index in [1.54, 1.807) is 7.11 Å². The SMILES string of the molecule is CO[C@H]1C[C@H]2[C@@H](O1)O[C@H](CO[Si](c1ccccc1)(c1ccccc1)C(C)(C)C)[C@H]2C=O. The summed E-state index contributed by atoms with van der Waals surface area (Å²) in [5.74, 6) is -0.251. The lowest BCUT2D eigenvalue weighted by molar-refractivity contribution is -0.202. The smallest absolute Gasteiger partial charge is 0.261 e. The Balaban J connectivity index is 1.66. The Labute approximate surface area is 185 Å². The highest BCUT2D eigenvalue weighted by Gasteiger charge is 2.54. The van der Waals surface area contributed by atoms with Gasteiger partial charge >= 0.3 is 0 Å². The van der Waals surface area contributed by atoms with Crippen LogP contribution in [0, 0.1) is 11.8 Å². The number of carbonyl (C=O) groups excluding carboxylic acids is 1. The molecule has 2 saturated heterocycles. The molecule has 0 radical (unpaired) electrons. The second-order valence-corrected chi connectivity index (χ2v) is 13.7. The number of hydrogen-bond acceptors (Lipinski definition) is 5. The minimum atomic E-state index is -2.68. The van der Waals surface area contributed by atoms with Gasteiger partial charge in [0.05, 0.1) is 18.6 Å². The topological polar surface area (TPSA) is 54.0 Å². The Morgan fingerprint density at radius 3 is 2.06 bits per heavy atom. The van der Waals surface area contributed by atoms with E-state index in [4.69, 9.17) is 18.6 Å². The van der Waals surface area contributed by atoms with Crippen molar-refractivity contribution in [2.45, 2.75) is 50.9 Å². The fourth-order valence-corrected chi connectivity index (χ4v) is 9.68. The molecular formula is C25H32O5Si. The number of hydrogen-bond donors (Lipinski definition) is 0. The molecule has 2 aliphatic heterocycles. The van der Waals surface area contributed by atoms with Gasteiger partial charge in [0.25, 0.3) is 8.32 Å². The molecule has 4 rings (SSSR count). The van der Waals surface area contributed by atoms with Crippen LogP contribution in [-0.2, 0) is 23.4 Å². The summed E-state index contributed by atoms with van der Waals surface area (Å²) in [4.78, 5) is 12.0. The summed E-state index contributed by atoms with van der Waals surface area (Å²) in [7, 11) is -1.06. The van der Waals surface area contributed by atoms with Crippen molar-refractivity contribution in [2.24, 2.45) is 11.8 Å². The molecule has 6 heteroatoms. The highest BCUT2D eigenvalue weighted by Crippen LogP contribution is 2.43. The Hall–Kier alpha value is -1.83. The van der Waals surface area contributed by atoms with Crippen molar-refractivity contribution in [1.29, 1.82) is 0 Å². The number of benzene rings is 2. The van der Waals surface area contributed by atoms with Gasteiger partial charge in [0.15, 0.2) is 12.6 Å². The summed E-state index contributed by atoms with van der Waals surface area (Å²) in [6.45, 7) is 7.08. The van der Waals surface area contributed by atoms with Crippen LogP contribution in [0.2, 0.25) is 5.04 Å². The van der Waals surface area contributed by atoms with Crippen molar-refractivity contribution in [3.05, 3.63) is 60.7 Å². The molecule has 5 nitrogen and oxygen atoms in total. The van der Waals surface area contributed by atoms with E-state index in [0.29, 0.717) is 13.0 Å².